The number of carbonyl (C=O) groups is 1. The summed E-state index contributed by atoms with van der Waals surface area (Å²) in [5.74, 6) is -0.738. The fourth-order valence-corrected chi connectivity index (χ4v) is 2.29. The first kappa shape index (κ1) is 14.0. The van der Waals surface area contributed by atoms with Crippen molar-refractivity contribution >= 4 is 22.4 Å². The maximum absolute atomic E-state index is 13.0. The number of aromatic amines is 1. The molecule has 0 bridgehead atoms. The van der Waals surface area contributed by atoms with Gasteiger partial charge in [-0.2, -0.15) is 0 Å². The maximum Gasteiger partial charge on any atom is 0.274 e. The van der Waals surface area contributed by atoms with E-state index in [4.69, 9.17) is 0 Å². The SMILES string of the molecule is CN(C(=O)c1cc2ccccc2c(=O)[nH]1)c1ccc(F)cc1. The Hall–Kier alpha value is -2.95. The van der Waals surface area contributed by atoms with Crippen LogP contribution in [0.15, 0.2) is 59.4 Å². The predicted molar refractivity (Wildman–Crippen MR) is 83.7 cm³/mol. The largest absolute Gasteiger partial charge is 0.317 e. The van der Waals surface area contributed by atoms with E-state index in [0.29, 0.717) is 16.5 Å². The Labute approximate surface area is 125 Å². The molecular weight excluding hydrogens is 283 g/mol. The fraction of sp³-hybridized carbons (Fsp3) is 0.0588. The second kappa shape index (κ2) is 5.44. The number of aromatic nitrogens is 1. The highest BCUT2D eigenvalue weighted by Crippen LogP contribution is 2.17. The summed E-state index contributed by atoms with van der Waals surface area (Å²) in [7, 11) is 1.57. The number of nitrogens with one attached hydrogen (secondary N) is 1. The van der Waals surface area contributed by atoms with Gasteiger partial charge in [0.1, 0.15) is 11.5 Å². The van der Waals surface area contributed by atoms with Crippen molar-refractivity contribution in [1.29, 1.82) is 0 Å². The number of anilines is 1. The van der Waals surface area contributed by atoms with Gasteiger partial charge in [0.2, 0.25) is 0 Å². The summed E-state index contributed by atoms with van der Waals surface area (Å²) in [5, 5.41) is 1.23. The van der Waals surface area contributed by atoms with Gasteiger partial charge in [-0.25, -0.2) is 4.39 Å². The van der Waals surface area contributed by atoms with Crippen LogP contribution >= 0.6 is 0 Å². The van der Waals surface area contributed by atoms with E-state index in [0.717, 1.165) is 0 Å². The van der Waals surface area contributed by atoms with E-state index in [1.165, 1.54) is 29.2 Å². The summed E-state index contributed by atoms with van der Waals surface area (Å²) in [4.78, 5) is 28.5. The summed E-state index contributed by atoms with van der Waals surface area (Å²) < 4.78 is 13.0. The summed E-state index contributed by atoms with van der Waals surface area (Å²) in [6.45, 7) is 0. The number of amides is 1. The molecule has 1 heterocycles. The maximum atomic E-state index is 13.0. The first-order valence-corrected chi connectivity index (χ1v) is 6.72. The summed E-state index contributed by atoms with van der Waals surface area (Å²) in [6, 6.07) is 14.3. The number of carbonyl (C=O) groups excluding carboxylic acids is 1. The minimum atomic E-state index is -0.372. The molecule has 3 aromatic rings. The Bertz CT molecular complexity index is 900. The number of hydrogen-bond donors (Lipinski definition) is 1. The van der Waals surface area contributed by atoms with Crippen LogP contribution in [0.3, 0.4) is 0 Å². The highest BCUT2D eigenvalue weighted by molar-refractivity contribution is 6.06. The van der Waals surface area contributed by atoms with Crippen LogP contribution in [0.1, 0.15) is 10.5 Å². The molecule has 1 amide bonds. The Morgan fingerprint density at radius 1 is 1.09 bits per heavy atom. The van der Waals surface area contributed by atoms with Gasteiger partial charge in [0.25, 0.3) is 11.5 Å². The van der Waals surface area contributed by atoms with Gasteiger partial charge in [0.05, 0.1) is 0 Å². The molecule has 3 rings (SSSR count). The van der Waals surface area contributed by atoms with Gasteiger partial charge < -0.3 is 9.88 Å². The predicted octanol–water partition coefficient (Wildman–Crippen LogP) is 2.94. The molecule has 0 saturated carbocycles. The summed E-state index contributed by atoms with van der Waals surface area (Å²) in [6.07, 6.45) is 0. The topological polar surface area (TPSA) is 53.2 Å². The molecule has 0 aliphatic carbocycles. The van der Waals surface area contributed by atoms with Crippen LogP contribution in [-0.4, -0.2) is 17.9 Å². The quantitative estimate of drug-likeness (QED) is 0.790. The zero-order chi connectivity index (χ0) is 15.7. The molecule has 5 heteroatoms. The molecule has 0 fully saturated rings. The standard InChI is InChI=1S/C17H13FN2O2/c1-20(13-8-6-12(18)7-9-13)17(22)15-10-11-4-2-3-5-14(11)16(21)19-15/h2-10H,1H3,(H,19,21). The van der Waals surface area contributed by atoms with E-state index < -0.39 is 0 Å². The summed E-state index contributed by atoms with van der Waals surface area (Å²) in [5.41, 5.74) is 0.421. The van der Waals surface area contributed by atoms with Crippen LogP contribution in [0.2, 0.25) is 0 Å². The van der Waals surface area contributed by atoms with E-state index in [2.05, 4.69) is 4.98 Å². The Balaban J connectivity index is 2.01. The monoisotopic (exact) mass is 296 g/mol. The van der Waals surface area contributed by atoms with Gasteiger partial charge in [-0.05, 0) is 41.8 Å². The zero-order valence-corrected chi connectivity index (χ0v) is 11.8. The molecule has 0 unspecified atom stereocenters. The van der Waals surface area contributed by atoms with Crippen molar-refractivity contribution in [1.82, 2.24) is 4.98 Å². The van der Waals surface area contributed by atoms with E-state index in [9.17, 15) is 14.0 Å². The van der Waals surface area contributed by atoms with Gasteiger partial charge in [-0.3, -0.25) is 9.59 Å². The molecule has 0 saturated heterocycles. The number of nitrogens with zero attached hydrogens (tertiary/aromatic N) is 1. The zero-order valence-electron chi connectivity index (χ0n) is 11.8. The smallest absolute Gasteiger partial charge is 0.274 e. The van der Waals surface area contributed by atoms with Crippen LogP contribution in [0.5, 0.6) is 0 Å². The number of rotatable bonds is 2. The number of benzene rings is 2. The molecule has 1 aromatic heterocycles. The van der Waals surface area contributed by atoms with Crippen LogP contribution in [-0.2, 0) is 0 Å². The first-order chi connectivity index (χ1) is 10.6. The van der Waals surface area contributed by atoms with Crippen molar-refractivity contribution in [3.8, 4) is 0 Å². The van der Waals surface area contributed by atoms with Crippen LogP contribution < -0.4 is 10.5 Å². The lowest BCUT2D eigenvalue weighted by atomic mass is 10.1. The molecule has 4 nitrogen and oxygen atoms in total. The molecule has 0 aliphatic heterocycles. The van der Waals surface area contributed by atoms with Crippen LogP contribution in [0.4, 0.5) is 10.1 Å². The van der Waals surface area contributed by atoms with E-state index in [-0.39, 0.29) is 23.0 Å². The number of pyridine rings is 1. The number of fused-ring (bicyclic) bond motifs is 1. The average molecular weight is 296 g/mol. The highest BCUT2D eigenvalue weighted by Gasteiger charge is 2.15. The van der Waals surface area contributed by atoms with Crippen molar-refractivity contribution in [2.45, 2.75) is 0 Å². The Kier molecular flexibility index (Phi) is 3.47. The first-order valence-electron chi connectivity index (χ1n) is 6.72. The molecule has 2 aromatic carbocycles. The van der Waals surface area contributed by atoms with E-state index >= 15 is 0 Å². The van der Waals surface area contributed by atoms with Crippen molar-refractivity contribution in [2.24, 2.45) is 0 Å². The van der Waals surface area contributed by atoms with E-state index in [1.807, 2.05) is 0 Å². The number of hydrogen-bond acceptors (Lipinski definition) is 2. The van der Waals surface area contributed by atoms with Gasteiger partial charge in [-0.1, -0.05) is 18.2 Å². The van der Waals surface area contributed by atoms with Crippen LogP contribution in [0.25, 0.3) is 10.8 Å². The normalized spacial score (nSPS) is 10.6. The van der Waals surface area contributed by atoms with Crippen molar-refractivity contribution < 1.29 is 9.18 Å². The Morgan fingerprint density at radius 3 is 2.50 bits per heavy atom. The third kappa shape index (κ3) is 2.48. The lowest BCUT2D eigenvalue weighted by molar-refractivity contribution is 0.0988. The van der Waals surface area contributed by atoms with Gasteiger partial charge in [0, 0.05) is 18.1 Å². The highest BCUT2D eigenvalue weighted by atomic mass is 19.1. The molecule has 0 aliphatic rings. The van der Waals surface area contributed by atoms with Gasteiger partial charge >= 0.3 is 0 Å². The molecular formula is C17H13FN2O2. The van der Waals surface area contributed by atoms with Crippen molar-refractivity contribution in [3.63, 3.8) is 0 Å². The fourth-order valence-electron chi connectivity index (χ4n) is 2.29. The van der Waals surface area contributed by atoms with Gasteiger partial charge in [0.15, 0.2) is 0 Å². The average Bonchev–Trinajstić information content (AvgIpc) is 2.54. The lowest BCUT2D eigenvalue weighted by Gasteiger charge is -2.17. The second-order valence-corrected chi connectivity index (χ2v) is 4.94. The van der Waals surface area contributed by atoms with Crippen LogP contribution in [0, 0.1) is 5.82 Å². The third-order valence-corrected chi connectivity index (χ3v) is 3.50. The minimum absolute atomic E-state index is 0.190. The Morgan fingerprint density at radius 2 is 1.77 bits per heavy atom. The molecule has 0 radical (unpaired) electrons. The third-order valence-electron chi connectivity index (χ3n) is 3.50. The van der Waals surface area contributed by atoms with Crippen molar-refractivity contribution in [3.05, 3.63) is 76.5 Å². The minimum Gasteiger partial charge on any atom is -0.317 e. The van der Waals surface area contributed by atoms with Gasteiger partial charge in [-0.15, -0.1) is 0 Å². The molecule has 0 atom stereocenters. The molecule has 1 N–H and O–H groups in total. The van der Waals surface area contributed by atoms with E-state index in [1.54, 1.807) is 37.4 Å². The second-order valence-electron chi connectivity index (χ2n) is 4.94. The lowest BCUT2D eigenvalue weighted by Crippen LogP contribution is -2.28. The van der Waals surface area contributed by atoms with Crippen molar-refractivity contribution in [2.75, 3.05) is 11.9 Å². The molecule has 110 valence electrons. The molecule has 0 spiro atoms. The number of H-pyrrole nitrogens is 1. The summed E-state index contributed by atoms with van der Waals surface area (Å²) >= 11 is 0. The number of halogens is 1. The molecule has 22 heavy (non-hydrogen) atoms.